The maximum Gasteiger partial charge on any atom is 0.278 e. The van der Waals surface area contributed by atoms with Crippen LogP contribution < -0.4 is 5.56 Å². The van der Waals surface area contributed by atoms with Crippen molar-refractivity contribution in [3.63, 3.8) is 0 Å². The van der Waals surface area contributed by atoms with Crippen LogP contribution in [0.2, 0.25) is 0 Å². The van der Waals surface area contributed by atoms with Gasteiger partial charge in [-0.2, -0.15) is 4.98 Å². The molecule has 22 heavy (non-hydrogen) atoms. The topological polar surface area (TPSA) is 89.1 Å². The molecule has 1 aromatic carbocycles. The Morgan fingerprint density at radius 3 is 3.00 bits per heavy atom. The van der Waals surface area contributed by atoms with E-state index in [-0.39, 0.29) is 5.56 Å². The number of imidazole rings is 1. The lowest BCUT2D eigenvalue weighted by molar-refractivity contribution is 0.422. The van der Waals surface area contributed by atoms with E-state index in [9.17, 15) is 4.79 Å². The van der Waals surface area contributed by atoms with Gasteiger partial charge >= 0.3 is 0 Å². The van der Waals surface area contributed by atoms with Crippen molar-refractivity contribution >= 4 is 16.6 Å². The second-order valence-corrected chi connectivity index (χ2v) is 5.52. The van der Waals surface area contributed by atoms with Crippen molar-refractivity contribution in [2.75, 3.05) is 0 Å². The normalized spacial score (nSPS) is 14.9. The first kappa shape index (κ1) is 11.7. The van der Waals surface area contributed by atoms with Crippen LogP contribution in [0.4, 0.5) is 0 Å². The molecule has 108 valence electrons. The van der Waals surface area contributed by atoms with E-state index in [2.05, 4.69) is 20.1 Å². The van der Waals surface area contributed by atoms with E-state index in [4.69, 9.17) is 4.52 Å². The van der Waals surface area contributed by atoms with Crippen molar-refractivity contribution in [2.24, 2.45) is 0 Å². The van der Waals surface area contributed by atoms with E-state index in [0.29, 0.717) is 28.8 Å². The number of nitrogens with one attached hydrogen (secondary N) is 1. The van der Waals surface area contributed by atoms with Crippen molar-refractivity contribution < 1.29 is 4.52 Å². The summed E-state index contributed by atoms with van der Waals surface area (Å²) in [4.78, 5) is 24.0. The Labute approximate surface area is 123 Å². The first-order chi connectivity index (χ1) is 10.8. The van der Waals surface area contributed by atoms with Crippen LogP contribution in [0.25, 0.3) is 28.1 Å². The number of nitrogens with zero attached hydrogens (tertiary/aromatic N) is 4. The van der Waals surface area contributed by atoms with Gasteiger partial charge in [-0.1, -0.05) is 17.3 Å². The van der Waals surface area contributed by atoms with Crippen molar-refractivity contribution in [3.8, 4) is 11.6 Å². The molecule has 0 amide bonds. The van der Waals surface area contributed by atoms with Crippen LogP contribution >= 0.6 is 0 Å². The number of fused-ring (bicyclic) bond motifs is 3. The molecule has 0 unspecified atom stereocenters. The highest BCUT2D eigenvalue weighted by Crippen LogP contribution is 2.38. The fourth-order valence-electron chi connectivity index (χ4n) is 2.71. The quantitative estimate of drug-likeness (QED) is 0.611. The lowest BCUT2D eigenvalue weighted by atomic mass is 10.3. The third kappa shape index (κ3) is 1.56. The molecule has 7 heteroatoms. The number of para-hydroxylation sites is 2. The molecule has 1 aliphatic carbocycles. The fourth-order valence-corrected chi connectivity index (χ4v) is 2.71. The Bertz CT molecular complexity index is 1070. The molecule has 5 rings (SSSR count). The van der Waals surface area contributed by atoms with Crippen LogP contribution in [0.3, 0.4) is 0 Å². The van der Waals surface area contributed by atoms with E-state index in [1.165, 1.54) is 0 Å². The number of H-pyrrole nitrogens is 1. The molecule has 0 radical (unpaired) electrons. The highest BCUT2D eigenvalue weighted by molar-refractivity contribution is 5.82. The van der Waals surface area contributed by atoms with Crippen LogP contribution in [0.15, 0.2) is 39.9 Å². The second kappa shape index (κ2) is 4.03. The highest BCUT2D eigenvalue weighted by atomic mass is 16.5. The van der Waals surface area contributed by atoms with E-state index in [0.717, 1.165) is 23.9 Å². The van der Waals surface area contributed by atoms with Crippen molar-refractivity contribution in [1.29, 1.82) is 0 Å². The molecule has 7 nitrogen and oxygen atoms in total. The molecule has 0 aliphatic heterocycles. The zero-order valence-corrected chi connectivity index (χ0v) is 11.5. The van der Waals surface area contributed by atoms with E-state index >= 15 is 0 Å². The molecule has 1 aliphatic rings. The first-order valence-electron chi connectivity index (χ1n) is 7.13. The molecule has 0 saturated heterocycles. The smallest absolute Gasteiger partial charge is 0.278 e. The molecule has 0 atom stereocenters. The van der Waals surface area contributed by atoms with Crippen LogP contribution in [-0.4, -0.2) is 24.5 Å². The minimum absolute atomic E-state index is 0.225. The number of rotatable bonds is 2. The molecule has 1 saturated carbocycles. The van der Waals surface area contributed by atoms with Gasteiger partial charge in [-0.05, 0) is 25.0 Å². The lowest BCUT2D eigenvalue weighted by Crippen LogP contribution is -2.10. The van der Waals surface area contributed by atoms with Crippen LogP contribution in [-0.2, 0) is 0 Å². The Morgan fingerprint density at radius 2 is 2.14 bits per heavy atom. The zero-order chi connectivity index (χ0) is 14.7. The Hall–Kier alpha value is -2.96. The van der Waals surface area contributed by atoms with Gasteiger partial charge in [-0.3, -0.25) is 9.20 Å². The van der Waals surface area contributed by atoms with Gasteiger partial charge in [0.1, 0.15) is 11.8 Å². The van der Waals surface area contributed by atoms with Gasteiger partial charge in [0.05, 0.1) is 11.0 Å². The standard InChI is InChI=1S/C15H11N5O2/c21-14-12-11(15-18-13(19-22-15)8-5-6-8)16-7-20(12)10-4-2-1-3-9(10)17-14/h1-4,7-8H,5-6H2,(H,17,21). The second-order valence-electron chi connectivity index (χ2n) is 5.52. The summed E-state index contributed by atoms with van der Waals surface area (Å²) in [5.74, 6) is 1.39. The van der Waals surface area contributed by atoms with Crippen molar-refractivity contribution in [1.82, 2.24) is 24.5 Å². The summed E-state index contributed by atoms with van der Waals surface area (Å²) in [6.07, 6.45) is 3.80. The zero-order valence-electron chi connectivity index (χ0n) is 11.5. The predicted octanol–water partition coefficient (Wildman–Crippen LogP) is 2.10. The lowest BCUT2D eigenvalue weighted by Gasteiger charge is -2.01. The average Bonchev–Trinajstić information content (AvgIpc) is 3.10. The average molecular weight is 293 g/mol. The summed E-state index contributed by atoms with van der Waals surface area (Å²) in [7, 11) is 0. The first-order valence-corrected chi connectivity index (χ1v) is 7.13. The summed E-state index contributed by atoms with van der Waals surface area (Å²) < 4.78 is 7.05. The maximum atomic E-state index is 12.4. The molecule has 3 heterocycles. The monoisotopic (exact) mass is 293 g/mol. The molecule has 0 spiro atoms. The summed E-state index contributed by atoms with van der Waals surface area (Å²) >= 11 is 0. The van der Waals surface area contributed by atoms with Gasteiger partial charge < -0.3 is 9.51 Å². The molecular weight excluding hydrogens is 282 g/mol. The highest BCUT2D eigenvalue weighted by Gasteiger charge is 2.30. The fraction of sp³-hybridized carbons (Fsp3) is 0.200. The summed E-state index contributed by atoms with van der Waals surface area (Å²) in [5.41, 5.74) is 2.25. The third-order valence-corrected chi connectivity index (χ3v) is 3.98. The van der Waals surface area contributed by atoms with Crippen molar-refractivity contribution in [2.45, 2.75) is 18.8 Å². The van der Waals surface area contributed by atoms with Gasteiger partial charge in [-0.15, -0.1) is 0 Å². The Kier molecular flexibility index (Phi) is 2.14. The molecule has 3 aromatic heterocycles. The Balaban J connectivity index is 1.80. The Morgan fingerprint density at radius 1 is 1.27 bits per heavy atom. The molecule has 0 bridgehead atoms. The number of hydrogen-bond donors (Lipinski definition) is 1. The summed E-state index contributed by atoms with van der Waals surface area (Å²) in [5, 5.41) is 3.99. The van der Waals surface area contributed by atoms with Gasteiger partial charge in [0.15, 0.2) is 11.5 Å². The van der Waals surface area contributed by atoms with Gasteiger partial charge in [0, 0.05) is 5.92 Å². The van der Waals surface area contributed by atoms with Crippen LogP contribution in [0.1, 0.15) is 24.6 Å². The van der Waals surface area contributed by atoms with Crippen LogP contribution in [0.5, 0.6) is 0 Å². The SMILES string of the molecule is O=c1[nH]c2ccccc2n2cnc(-c3nc(C4CC4)no3)c12. The third-order valence-electron chi connectivity index (χ3n) is 3.98. The number of aromatic nitrogens is 5. The van der Waals surface area contributed by atoms with E-state index in [1.807, 2.05) is 24.3 Å². The molecule has 1 fully saturated rings. The predicted molar refractivity (Wildman–Crippen MR) is 78.6 cm³/mol. The minimum Gasteiger partial charge on any atom is -0.332 e. The number of aromatic amines is 1. The van der Waals surface area contributed by atoms with E-state index < -0.39 is 0 Å². The maximum absolute atomic E-state index is 12.4. The molecule has 4 aromatic rings. The van der Waals surface area contributed by atoms with Gasteiger partial charge in [0.25, 0.3) is 11.4 Å². The molecule has 1 N–H and O–H groups in total. The number of benzene rings is 1. The van der Waals surface area contributed by atoms with Gasteiger partial charge in [0.2, 0.25) is 0 Å². The van der Waals surface area contributed by atoms with E-state index in [1.54, 1.807) is 10.7 Å². The largest absolute Gasteiger partial charge is 0.332 e. The molecular formula is C15H11N5O2. The minimum atomic E-state index is -0.225. The van der Waals surface area contributed by atoms with Crippen molar-refractivity contribution in [3.05, 3.63) is 46.8 Å². The van der Waals surface area contributed by atoms with Crippen LogP contribution in [0, 0.1) is 0 Å². The summed E-state index contributed by atoms with van der Waals surface area (Å²) in [6, 6.07) is 7.57. The number of hydrogen-bond acceptors (Lipinski definition) is 5. The summed E-state index contributed by atoms with van der Waals surface area (Å²) in [6.45, 7) is 0. The van der Waals surface area contributed by atoms with Gasteiger partial charge in [-0.25, -0.2) is 4.98 Å².